The number of hydrogen-bond donors (Lipinski definition) is 2. The van der Waals surface area contributed by atoms with Crippen LogP contribution < -0.4 is 5.32 Å². The minimum atomic E-state index is -4.62. The second-order valence-electron chi connectivity index (χ2n) is 4.79. The van der Waals surface area contributed by atoms with Crippen LogP contribution in [0.1, 0.15) is 18.4 Å². The number of carbonyl (C=O) groups excluding carboxylic acids is 1. The molecular formula is C13H14F4N2O2. The van der Waals surface area contributed by atoms with Gasteiger partial charge in [-0.15, -0.1) is 0 Å². The molecular weight excluding hydrogens is 292 g/mol. The Labute approximate surface area is 118 Å². The van der Waals surface area contributed by atoms with E-state index in [0.717, 1.165) is 0 Å². The Kier molecular flexibility index (Phi) is 4.36. The van der Waals surface area contributed by atoms with Crippen LogP contribution in [0.2, 0.25) is 0 Å². The van der Waals surface area contributed by atoms with E-state index in [-0.39, 0.29) is 12.6 Å². The van der Waals surface area contributed by atoms with E-state index in [2.05, 4.69) is 5.32 Å². The van der Waals surface area contributed by atoms with Crippen LogP contribution in [0.25, 0.3) is 0 Å². The smallest absolute Gasteiger partial charge is 0.394 e. The van der Waals surface area contributed by atoms with Gasteiger partial charge in [-0.05, 0) is 31.0 Å². The van der Waals surface area contributed by atoms with Crippen LogP contribution in [0.4, 0.5) is 28.0 Å². The summed E-state index contributed by atoms with van der Waals surface area (Å²) in [5, 5.41) is 11.2. The second kappa shape index (κ2) is 5.88. The molecule has 2 rings (SSSR count). The van der Waals surface area contributed by atoms with E-state index in [9.17, 15) is 22.4 Å². The molecule has 8 heteroatoms. The Balaban J connectivity index is 2.17. The number of likely N-dealkylation sites (tertiary alicyclic amines) is 1. The zero-order valence-corrected chi connectivity index (χ0v) is 11.0. The van der Waals surface area contributed by atoms with Crippen molar-refractivity contribution in [3.63, 3.8) is 0 Å². The molecule has 0 bridgehead atoms. The number of halogens is 4. The zero-order chi connectivity index (χ0) is 15.6. The molecule has 1 heterocycles. The molecule has 1 aromatic rings. The zero-order valence-electron chi connectivity index (χ0n) is 11.0. The maximum atomic E-state index is 13.5. The predicted octanol–water partition coefficient (Wildman–Crippen LogP) is 2.83. The number of hydrogen-bond acceptors (Lipinski definition) is 2. The monoisotopic (exact) mass is 306 g/mol. The highest BCUT2D eigenvalue weighted by atomic mass is 19.4. The lowest BCUT2D eigenvalue weighted by molar-refractivity contribution is -0.137. The fourth-order valence-corrected chi connectivity index (χ4v) is 2.28. The van der Waals surface area contributed by atoms with Crippen molar-refractivity contribution < 1.29 is 27.5 Å². The summed E-state index contributed by atoms with van der Waals surface area (Å²) < 4.78 is 51.3. The molecule has 0 aliphatic carbocycles. The molecule has 2 amide bonds. The lowest BCUT2D eigenvalue weighted by atomic mass is 10.2. The van der Waals surface area contributed by atoms with Crippen molar-refractivity contribution in [1.29, 1.82) is 0 Å². The summed E-state index contributed by atoms with van der Waals surface area (Å²) >= 11 is 0. The first-order valence-electron chi connectivity index (χ1n) is 6.38. The number of aliphatic hydroxyl groups is 1. The Morgan fingerprint density at radius 3 is 2.76 bits per heavy atom. The quantitative estimate of drug-likeness (QED) is 0.826. The maximum absolute atomic E-state index is 13.5. The van der Waals surface area contributed by atoms with E-state index < -0.39 is 29.3 Å². The average molecular weight is 306 g/mol. The van der Waals surface area contributed by atoms with Crippen LogP contribution in [0.15, 0.2) is 18.2 Å². The van der Waals surface area contributed by atoms with Gasteiger partial charge in [-0.3, -0.25) is 0 Å². The molecule has 1 aromatic carbocycles. The van der Waals surface area contributed by atoms with Gasteiger partial charge in [0, 0.05) is 6.54 Å². The molecule has 1 saturated heterocycles. The standard InChI is InChI=1S/C13H14F4N2O2/c14-10-4-3-8(13(15,16)17)6-11(10)18-12(21)19-5-1-2-9(19)7-20/h3-4,6,9,20H,1-2,5,7H2,(H,18,21)/t9-/m0/s1. The molecule has 0 radical (unpaired) electrons. The summed E-state index contributed by atoms with van der Waals surface area (Å²) in [4.78, 5) is 13.2. The third-order valence-electron chi connectivity index (χ3n) is 3.38. The van der Waals surface area contributed by atoms with Gasteiger partial charge in [0.05, 0.1) is 23.9 Å². The first-order valence-corrected chi connectivity index (χ1v) is 6.38. The van der Waals surface area contributed by atoms with Gasteiger partial charge in [0.25, 0.3) is 0 Å². The van der Waals surface area contributed by atoms with Gasteiger partial charge in [0.1, 0.15) is 5.82 Å². The number of urea groups is 1. The molecule has 4 nitrogen and oxygen atoms in total. The van der Waals surface area contributed by atoms with E-state index in [1.54, 1.807) is 0 Å². The third-order valence-corrected chi connectivity index (χ3v) is 3.38. The van der Waals surface area contributed by atoms with Gasteiger partial charge in [-0.25, -0.2) is 9.18 Å². The molecule has 0 spiro atoms. The number of alkyl halides is 3. The van der Waals surface area contributed by atoms with Crippen molar-refractivity contribution in [3.05, 3.63) is 29.6 Å². The molecule has 21 heavy (non-hydrogen) atoms. The van der Waals surface area contributed by atoms with Gasteiger partial charge in [0.15, 0.2) is 0 Å². The third kappa shape index (κ3) is 3.44. The van der Waals surface area contributed by atoms with Crippen molar-refractivity contribution in [3.8, 4) is 0 Å². The van der Waals surface area contributed by atoms with Gasteiger partial charge in [0.2, 0.25) is 0 Å². The average Bonchev–Trinajstić information content (AvgIpc) is 2.88. The van der Waals surface area contributed by atoms with Crippen LogP contribution >= 0.6 is 0 Å². The minimum Gasteiger partial charge on any atom is -0.394 e. The number of nitrogens with zero attached hydrogens (tertiary/aromatic N) is 1. The molecule has 0 unspecified atom stereocenters. The number of nitrogens with one attached hydrogen (secondary N) is 1. The van der Waals surface area contributed by atoms with Gasteiger partial charge in [-0.1, -0.05) is 0 Å². The van der Waals surface area contributed by atoms with E-state index >= 15 is 0 Å². The lowest BCUT2D eigenvalue weighted by Crippen LogP contribution is -2.40. The fraction of sp³-hybridized carbons (Fsp3) is 0.462. The van der Waals surface area contributed by atoms with E-state index in [4.69, 9.17) is 5.11 Å². The first-order chi connectivity index (χ1) is 9.82. The van der Waals surface area contributed by atoms with Crippen LogP contribution in [0, 0.1) is 5.82 Å². The highest BCUT2D eigenvalue weighted by molar-refractivity contribution is 5.90. The van der Waals surface area contributed by atoms with Gasteiger partial charge >= 0.3 is 12.2 Å². The topological polar surface area (TPSA) is 52.6 Å². The second-order valence-corrected chi connectivity index (χ2v) is 4.79. The van der Waals surface area contributed by atoms with Crippen molar-refractivity contribution in [2.75, 3.05) is 18.5 Å². The molecule has 1 aliphatic rings. The summed E-state index contributed by atoms with van der Waals surface area (Å²) in [6, 6.07) is 0.712. The SMILES string of the molecule is O=C(Nc1cc(C(F)(F)F)ccc1F)N1CCC[C@H]1CO. The Morgan fingerprint density at radius 1 is 1.43 bits per heavy atom. The van der Waals surface area contributed by atoms with Crippen molar-refractivity contribution in [2.24, 2.45) is 0 Å². The van der Waals surface area contributed by atoms with Crippen LogP contribution in [0.3, 0.4) is 0 Å². The Morgan fingerprint density at radius 2 is 2.14 bits per heavy atom. The summed E-state index contributed by atoms with van der Waals surface area (Å²) in [6.45, 7) is 0.135. The molecule has 1 atom stereocenters. The molecule has 116 valence electrons. The van der Waals surface area contributed by atoms with Crippen LogP contribution in [0.5, 0.6) is 0 Å². The fourth-order valence-electron chi connectivity index (χ4n) is 2.28. The summed E-state index contributed by atoms with van der Waals surface area (Å²) in [5.41, 5.74) is -1.57. The molecule has 1 fully saturated rings. The number of rotatable bonds is 2. The molecule has 0 saturated carbocycles. The molecule has 1 aliphatic heterocycles. The number of aliphatic hydroxyl groups excluding tert-OH is 1. The normalized spacial score (nSPS) is 18.9. The van der Waals surface area contributed by atoms with Gasteiger partial charge in [-0.2, -0.15) is 13.2 Å². The Hall–Kier alpha value is -1.83. The molecule has 0 aromatic heterocycles. The largest absolute Gasteiger partial charge is 0.416 e. The lowest BCUT2D eigenvalue weighted by Gasteiger charge is -2.23. The van der Waals surface area contributed by atoms with Crippen molar-refractivity contribution >= 4 is 11.7 Å². The maximum Gasteiger partial charge on any atom is 0.416 e. The number of carbonyl (C=O) groups is 1. The van der Waals surface area contributed by atoms with Gasteiger partial charge < -0.3 is 15.3 Å². The predicted molar refractivity (Wildman–Crippen MR) is 67.2 cm³/mol. The van der Waals surface area contributed by atoms with Crippen LogP contribution in [-0.2, 0) is 6.18 Å². The molecule has 2 N–H and O–H groups in total. The number of benzene rings is 1. The highest BCUT2D eigenvalue weighted by Gasteiger charge is 2.32. The van der Waals surface area contributed by atoms with Crippen molar-refractivity contribution in [1.82, 2.24) is 4.90 Å². The number of amides is 2. The first kappa shape index (κ1) is 15.6. The summed E-state index contributed by atoms with van der Waals surface area (Å²) in [5.74, 6) is -0.948. The Bertz CT molecular complexity index is 533. The minimum absolute atomic E-state index is 0.238. The highest BCUT2D eigenvalue weighted by Crippen LogP contribution is 2.32. The summed E-state index contributed by atoms with van der Waals surface area (Å²) in [6.07, 6.45) is -3.33. The van der Waals surface area contributed by atoms with Crippen molar-refractivity contribution in [2.45, 2.75) is 25.1 Å². The van der Waals surface area contributed by atoms with E-state index in [1.807, 2.05) is 0 Å². The number of anilines is 1. The van der Waals surface area contributed by atoms with Crippen LogP contribution in [-0.4, -0.2) is 35.2 Å². The van der Waals surface area contributed by atoms with E-state index in [0.29, 0.717) is 37.6 Å². The van der Waals surface area contributed by atoms with E-state index in [1.165, 1.54) is 4.90 Å². The summed E-state index contributed by atoms with van der Waals surface area (Å²) in [7, 11) is 0.